The Hall–Kier alpha value is -3.24. The first kappa shape index (κ1) is 19.8. The molecule has 0 bridgehead atoms. The number of aliphatic carboxylic acids is 2. The number of halogens is 3. The Bertz CT molecular complexity index is 736. The molecule has 2 aromatic rings. The Kier molecular flexibility index (Phi) is 6.79. The largest absolute Gasteiger partial charge is 0.542 e. The Balaban J connectivity index is 0.000000381. The van der Waals surface area contributed by atoms with Crippen LogP contribution in [0.5, 0.6) is 0 Å². The molecular weight excluding hydrogens is 345 g/mol. The summed E-state index contributed by atoms with van der Waals surface area (Å²) in [6.07, 6.45) is -0.0825. The maximum absolute atomic E-state index is 10.5. The smallest absolute Gasteiger partial charge is 0.430 e. The van der Waals surface area contributed by atoms with Crippen molar-refractivity contribution in [1.82, 2.24) is 10.1 Å². The van der Waals surface area contributed by atoms with Crippen molar-refractivity contribution in [3.05, 3.63) is 36.8 Å². The third-order valence-electron chi connectivity index (χ3n) is 2.67. The molecule has 134 valence electrons. The van der Waals surface area contributed by atoms with Gasteiger partial charge in [0, 0.05) is 17.8 Å². The summed E-state index contributed by atoms with van der Waals surface area (Å²) in [5.41, 5.74) is 7.45. The van der Waals surface area contributed by atoms with Crippen molar-refractivity contribution in [3.63, 3.8) is 0 Å². The van der Waals surface area contributed by atoms with E-state index >= 15 is 0 Å². The molecule has 11 heteroatoms. The number of anilines is 1. The molecule has 2 heterocycles. The Labute approximate surface area is 139 Å². The minimum absolute atomic E-state index is 0.0548. The highest BCUT2D eigenvalue weighted by atomic mass is 19.4. The van der Waals surface area contributed by atoms with E-state index < -0.39 is 18.1 Å². The van der Waals surface area contributed by atoms with Crippen LogP contribution < -0.4 is 15.5 Å². The summed E-state index contributed by atoms with van der Waals surface area (Å²) in [6.45, 7) is 0.355. The van der Waals surface area contributed by atoms with E-state index in [0.29, 0.717) is 12.4 Å². The number of alkyl halides is 3. The van der Waals surface area contributed by atoms with Crippen LogP contribution in [0.4, 0.5) is 19.0 Å². The van der Waals surface area contributed by atoms with Gasteiger partial charge in [0.2, 0.25) is 0 Å². The van der Waals surface area contributed by atoms with Gasteiger partial charge in [0.05, 0.1) is 0 Å². The predicted octanol–water partition coefficient (Wildman–Crippen LogP) is -0.213. The van der Waals surface area contributed by atoms with Gasteiger partial charge in [-0.25, -0.2) is 4.98 Å². The fourth-order valence-electron chi connectivity index (χ4n) is 1.53. The average molecular weight is 358 g/mol. The van der Waals surface area contributed by atoms with Crippen molar-refractivity contribution in [2.45, 2.75) is 19.1 Å². The highest BCUT2D eigenvalue weighted by molar-refractivity contribution is 5.70. The number of carboxylic acid groups (broad SMARTS) is 2. The van der Waals surface area contributed by atoms with Crippen LogP contribution in [0.1, 0.15) is 6.42 Å². The molecular formula is C14H13F3N4O4. The molecule has 2 rings (SSSR count). The van der Waals surface area contributed by atoms with Crippen LogP contribution in [-0.4, -0.2) is 33.3 Å². The van der Waals surface area contributed by atoms with Crippen molar-refractivity contribution in [2.24, 2.45) is 0 Å². The van der Waals surface area contributed by atoms with E-state index in [9.17, 15) is 18.0 Å². The van der Waals surface area contributed by atoms with Crippen molar-refractivity contribution >= 4 is 17.8 Å². The van der Waals surface area contributed by atoms with Gasteiger partial charge in [-0.15, -0.1) is 0 Å². The first-order chi connectivity index (χ1) is 11.6. The molecule has 25 heavy (non-hydrogen) atoms. The maximum Gasteiger partial charge on any atom is 0.430 e. The van der Waals surface area contributed by atoms with Gasteiger partial charge >= 0.3 is 12.1 Å². The van der Waals surface area contributed by atoms with Crippen molar-refractivity contribution in [3.8, 4) is 11.1 Å². The number of nitrogens with two attached hydrogens (primary N) is 1. The molecule has 3 N–H and O–H groups in total. The topological polar surface area (TPSA) is 133 Å². The van der Waals surface area contributed by atoms with Crippen LogP contribution in [0, 0.1) is 0 Å². The molecule has 0 aromatic carbocycles. The molecule has 0 aliphatic rings. The van der Waals surface area contributed by atoms with E-state index in [1.807, 2.05) is 12.1 Å². The third-order valence-corrected chi connectivity index (χ3v) is 2.67. The van der Waals surface area contributed by atoms with Crippen LogP contribution in [0.15, 0.2) is 36.8 Å². The van der Waals surface area contributed by atoms with Gasteiger partial charge in [-0.3, -0.25) is 4.79 Å². The van der Waals surface area contributed by atoms with Crippen LogP contribution in [0.2, 0.25) is 0 Å². The molecule has 0 aliphatic carbocycles. The third kappa shape index (κ3) is 7.24. The summed E-state index contributed by atoms with van der Waals surface area (Å²) < 4.78 is 33.1. The number of rotatable bonds is 4. The van der Waals surface area contributed by atoms with E-state index in [1.165, 1.54) is 0 Å². The lowest BCUT2D eigenvalue weighted by molar-refractivity contribution is -0.752. The van der Waals surface area contributed by atoms with Crippen molar-refractivity contribution in [2.75, 3.05) is 5.73 Å². The van der Waals surface area contributed by atoms with E-state index in [0.717, 1.165) is 11.1 Å². The number of carboxylic acids is 2. The quantitative estimate of drug-likeness (QED) is 0.722. The van der Waals surface area contributed by atoms with Gasteiger partial charge in [-0.05, 0) is 22.8 Å². The van der Waals surface area contributed by atoms with Crippen LogP contribution in [0.3, 0.4) is 0 Å². The van der Waals surface area contributed by atoms with Gasteiger partial charge < -0.3 is 20.7 Å². The summed E-state index contributed by atoms with van der Waals surface area (Å²) in [5, 5.41) is 21.5. The number of nitrogen functional groups attached to an aromatic ring is 1. The number of carbonyl (C=O) groups is 2. The van der Waals surface area contributed by atoms with Crippen molar-refractivity contribution in [1.29, 1.82) is 0 Å². The zero-order valence-electron chi connectivity index (χ0n) is 12.6. The van der Waals surface area contributed by atoms with Gasteiger partial charge in [-0.1, -0.05) is 4.68 Å². The minimum atomic E-state index is -5.19. The summed E-state index contributed by atoms with van der Waals surface area (Å²) in [6, 6.07) is 5.47. The van der Waals surface area contributed by atoms with E-state index in [1.54, 1.807) is 29.3 Å². The van der Waals surface area contributed by atoms with Gasteiger partial charge in [0.15, 0.2) is 12.7 Å². The van der Waals surface area contributed by atoms with Crippen LogP contribution in [0.25, 0.3) is 11.1 Å². The highest BCUT2D eigenvalue weighted by Crippen LogP contribution is 2.17. The molecule has 0 aliphatic heterocycles. The minimum Gasteiger partial charge on any atom is -0.542 e. The monoisotopic (exact) mass is 358 g/mol. The molecule has 0 unspecified atom stereocenters. The lowest BCUT2D eigenvalue weighted by Crippen LogP contribution is -2.38. The van der Waals surface area contributed by atoms with Crippen LogP contribution in [-0.2, 0) is 16.1 Å². The lowest BCUT2D eigenvalue weighted by atomic mass is 10.1. The zero-order valence-corrected chi connectivity index (χ0v) is 12.6. The summed E-state index contributed by atoms with van der Waals surface area (Å²) in [7, 11) is 0. The molecule has 2 aromatic heterocycles. The fourth-order valence-corrected chi connectivity index (χ4v) is 1.53. The zero-order chi connectivity index (χ0) is 19.0. The van der Waals surface area contributed by atoms with Gasteiger partial charge in [-0.2, -0.15) is 13.2 Å². The second kappa shape index (κ2) is 8.57. The first-order valence-corrected chi connectivity index (χ1v) is 6.67. The van der Waals surface area contributed by atoms with Crippen LogP contribution >= 0.6 is 0 Å². The predicted molar refractivity (Wildman–Crippen MR) is 75.4 cm³/mol. The summed E-state index contributed by atoms with van der Waals surface area (Å²) >= 11 is 0. The number of pyridine rings is 1. The molecule has 8 nitrogen and oxygen atoms in total. The number of aromatic nitrogens is 3. The Morgan fingerprint density at radius 1 is 1.28 bits per heavy atom. The second-order valence-corrected chi connectivity index (χ2v) is 4.58. The number of hydrogen-bond donors (Lipinski definition) is 2. The van der Waals surface area contributed by atoms with Crippen molar-refractivity contribution < 1.29 is 37.7 Å². The van der Waals surface area contributed by atoms with E-state index in [4.69, 9.17) is 20.7 Å². The number of carbonyl (C=O) groups excluding carboxylic acids is 1. The second-order valence-electron chi connectivity index (χ2n) is 4.58. The molecule has 0 saturated carbocycles. The number of hydrogen-bond acceptors (Lipinski definition) is 6. The van der Waals surface area contributed by atoms with Gasteiger partial charge in [0.25, 0.3) is 0 Å². The highest BCUT2D eigenvalue weighted by Gasteiger charge is 2.28. The molecule has 0 atom stereocenters. The molecule has 0 fully saturated rings. The number of nitrogens with zero attached hydrogens (tertiary/aromatic N) is 3. The molecule has 0 saturated heterocycles. The standard InChI is InChI=1S/C12H12N4O2.C2HF3O2/c13-11-7-9(1-4-14-11)10-2-5-16(15-8-10)6-3-12(17)18;3-2(4,5)1(6)7/h1-2,4-5,7-8H,3,6H2,(H2-,13,14,17,18);(H,6,7). The lowest BCUT2D eigenvalue weighted by Gasteiger charge is -2.03. The average Bonchev–Trinajstić information content (AvgIpc) is 2.53. The maximum atomic E-state index is 10.5. The fraction of sp³-hybridized carbons (Fsp3) is 0.214. The normalized spacial score (nSPS) is 10.5. The molecule has 0 amide bonds. The summed E-state index contributed by atoms with van der Waals surface area (Å²) in [4.78, 5) is 23.1. The first-order valence-electron chi connectivity index (χ1n) is 6.67. The van der Waals surface area contributed by atoms with E-state index in [-0.39, 0.29) is 6.42 Å². The Morgan fingerprint density at radius 3 is 2.36 bits per heavy atom. The SMILES string of the molecule is Nc1cc(-c2cc[n+](CCC(=O)O)nc2)ccn1.O=C([O-])C(F)(F)F. The number of aryl methyl sites for hydroxylation is 1. The van der Waals surface area contributed by atoms with E-state index in [2.05, 4.69) is 10.1 Å². The molecule has 0 radical (unpaired) electrons. The van der Waals surface area contributed by atoms with Gasteiger partial charge in [0.1, 0.15) is 24.4 Å². The Morgan fingerprint density at radius 2 is 1.92 bits per heavy atom. The molecule has 0 spiro atoms. The summed E-state index contributed by atoms with van der Waals surface area (Å²) in [5.74, 6) is -3.39.